The largest absolute Gasteiger partial charge is 0.448 e. The molecule has 0 aliphatic carbocycles. The molecule has 1 amide bonds. The van der Waals surface area contributed by atoms with Crippen molar-refractivity contribution in [1.29, 1.82) is 0 Å². The summed E-state index contributed by atoms with van der Waals surface area (Å²) in [6.07, 6.45) is 0.272. The third-order valence-corrected chi connectivity index (χ3v) is 1.47. The first kappa shape index (κ1) is 11.9. The van der Waals surface area contributed by atoms with Crippen LogP contribution in [-0.2, 0) is 4.74 Å². The van der Waals surface area contributed by atoms with Gasteiger partial charge in [0, 0.05) is 6.54 Å². The molecular weight excluding hydrogens is 196 g/mol. The van der Waals surface area contributed by atoms with Gasteiger partial charge in [-0.15, -0.1) is 0 Å². The zero-order chi connectivity index (χ0) is 9.56. The smallest absolute Gasteiger partial charge is 0.429 e. The van der Waals surface area contributed by atoms with Crippen LogP contribution in [-0.4, -0.2) is 42.0 Å². The second-order valence-corrected chi connectivity index (χ2v) is 3.68. The average Bonchev–Trinajstić information content (AvgIpc) is 1.97. The minimum atomic E-state index is -0.541. The summed E-state index contributed by atoms with van der Waals surface area (Å²) in [6, 6.07) is 0. The van der Waals surface area contributed by atoms with E-state index in [0.717, 1.165) is 16.7 Å². The third kappa shape index (κ3) is 6.63. The van der Waals surface area contributed by atoms with Crippen LogP contribution in [0.2, 0.25) is 0 Å². The van der Waals surface area contributed by atoms with Gasteiger partial charge >= 0.3 is 6.09 Å². The van der Waals surface area contributed by atoms with Crippen molar-refractivity contribution in [2.45, 2.75) is 6.42 Å². The average molecular weight is 210 g/mol. The van der Waals surface area contributed by atoms with Gasteiger partial charge in [-0.3, -0.25) is 0 Å². The summed E-state index contributed by atoms with van der Waals surface area (Å²) in [5, 5.41) is 0. The number of carbonyl (C=O) groups excluding carboxylic acids is 1. The normalized spacial score (nSPS) is 10.1. The van der Waals surface area contributed by atoms with Crippen LogP contribution >= 0.6 is 25.6 Å². The van der Waals surface area contributed by atoms with Gasteiger partial charge in [0.1, 0.15) is 0 Å². The predicted molar refractivity (Wildman–Crippen MR) is 54.3 cm³/mol. The topological polar surface area (TPSA) is 32.8 Å². The van der Waals surface area contributed by atoms with Crippen LogP contribution in [0.5, 0.6) is 0 Å². The van der Waals surface area contributed by atoms with Crippen molar-refractivity contribution in [2.24, 2.45) is 0 Å². The van der Waals surface area contributed by atoms with Gasteiger partial charge in [0.15, 0.2) is 0 Å². The van der Waals surface area contributed by atoms with E-state index in [4.69, 9.17) is 4.74 Å². The second kappa shape index (κ2) is 6.45. The van der Waals surface area contributed by atoms with E-state index in [2.05, 4.69) is 25.6 Å². The minimum absolute atomic E-state index is 0.397. The van der Waals surface area contributed by atoms with Crippen molar-refractivity contribution < 1.29 is 9.53 Å². The van der Waals surface area contributed by atoms with Crippen molar-refractivity contribution in [3.05, 3.63) is 0 Å². The Bertz CT molecular complexity index is 142. The second-order valence-electron chi connectivity index (χ2n) is 2.56. The molecule has 72 valence electrons. The first-order valence-corrected chi connectivity index (χ1v) is 4.33. The Kier molecular flexibility index (Phi) is 6.41. The van der Waals surface area contributed by atoms with Crippen LogP contribution < -0.4 is 0 Å². The Hall–Kier alpha value is -0.0700. The zero-order valence-electron chi connectivity index (χ0n) is 7.23. The van der Waals surface area contributed by atoms with Gasteiger partial charge in [-0.1, -0.05) is 0 Å². The number of rotatable bonds is 4. The first-order chi connectivity index (χ1) is 5.54. The molecule has 0 aliphatic rings. The van der Waals surface area contributed by atoms with Gasteiger partial charge in [-0.25, -0.2) is 4.79 Å². The highest BCUT2D eigenvalue weighted by Gasteiger charge is 2.05. The molecule has 0 aromatic rings. The monoisotopic (exact) mass is 210 g/mol. The van der Waals surface area contributed by atoms with Crippen LogP contribution in [0, 0.1) is 0 Å². The quantitative estimate of drug-likeness (QED) is 0.538. The predicted octanol–water partition coefficient (Wildman–Crippen LogP) is 1.07. The molecule has 0 radical (unpaired) electrons. The lowest BCUT2D eigenvalue weighted by molar-refractivity contribution is 0.138. The van der Waals surface area contributed by atoms with E-state index in [1.165, 1.54) is 0 Å². The van der Waals surface area contributed by atoms with Gasteiger partial charge in [0.25, 0.3) is 0 Å². The molecule has 4 nitrogen and oxygen atoms in total. The van der Waals surface area contributed by atoms with E-state index in [1.54, 1.807) is 0 Å². The summed E-state index contributed by atoms with van der Waals surface area (Å²) < 4.78 is 5.58. The van der Waals surface area contributed by atoms with Gasteiger partial charge in [-0.05, 0) is 46.1 Å². The highest BCUT2D eigenvalue weighted by atomic mass is 32.2. The number of ether oxygens (including phenoxy) is 1. The molecule has 0 aromatic heterocycles. The van der Waals surface area contributed by atoms with Crippen LogP contribution in [0.1, 0.15) is 6.42 Å². The van der Waals surface area contributed by atoms with Gasteiger partial charge in [0.2, 0.25) is 0 Å². The Labute approximate surface area is 83.9 Å². The lowest BCUT2D eigenvalue weighted by Gasteiger charge is -2.11. The number of hydrogen-bond donors (Lipinski definition) is 2. The Balaban J connectivity index is 3.26. The fraction of sp³-hybridized carbons (Fsp3) is 0.833. The molecule has 0 saturated heterocycles. The highest BCUT2D eigenvalue weighted by Crippen LogP contribution is 2.00. The molecule has 0 bridgehead atoms. The molecule has 0 N–H and O–H groups in total. The molecule has 12 heavy (non-hydrogen) atoms. The number of nitrogens with zero attached hydrogens (tertiary/aromatic N) is 2. The van der Waals surface area contributed by atoms with Crippen LogP contribution in [0.3, 0.4) is 0 Å². The minimum Gasteiger partial charge on any atom is -0.448 e. The van der Waals surface area contributed by atoms with Crippen molar-refractivity contribution in [1.82, 2.24) is 8.61 Å². The Morgan fingerprint density at radius 3 is 2.42 bits per heavy atom. The van der Waals surface area contributed by atoms with E-state index >= 15 is 0 Å². The van der Waals surface area contributed by atoms with Crippen molar-refractivity contribution in [3.63, 3.8) is 0 Å². The van der Waals surface area contributed by atoms with E-state index in [-0.39, 0.29) is 0 Å². The number of hydrogen-bond acceptors (Lipinski definition) is 5. The van der Waals surface area contributed by atoms with E-state index in [9.17, 15) is 4.79 Å². The van der Waals surface area contributed by atoms with E-state index in [1.807, 2.05) is 19.0 Å². The molecule has 0 rings (SSSR count). The SMILES string of the molecule is CN(C)CCCOC(=O)N(S)S. The Morgan fingerprint density at radius 2 is 2.00 bits per heavy atom. The molecule has 0 aromatic carbocycles. The van der Waals surface area contributed by atoms with Gasteiger partial charge in [-0.2, -0.15) is 3.71 Å². The molecular formula is C6H14N2O2S2. The molecule has 0 fully saturated rings. The molecule has 0 spiro atoms. The fourth-order valence-electron chi connectivity index (χ4n) is 0.598. The third-order valence-electron chi connectivity index (χ3n) is 1.14. The summed E-state index contributed by atoms with van der Waals surface area (Å²) in [7, 11) is 3.93. The summed E-state index contributed by atoms with van der Waals surface area (Å²) in [5.74, 6) is 0. The van der Waals surface area contributed by atoms with E-state index in [0.29, 0.717) is 6.61 Å². The standard InChI is InChI=1S/C6H14N2O2S2/c1-7(2)4-3-5-10-6(9)8(11)12/h11-12H,3-5H2,1-2H3. The molecule has 0 heterocycles. The molecule has 0 unspecified atom stereocenters. The molecule has 0 aliphatic heterocycles. The fourth-order valence-corrected chi connectivity index (χ4v) is 0.713. The van der Waals surface area contributed by atoms with Crippen molar-refractivity contribution >= 4 is 31.7 Å². The molecule has 0 atom stereocenters. The van der Waals surface area contributed by atoms with Crippen molar-refractivity contribution in [2.75, 3.05) is 27.2 Å². The van der Waals surface area contributed by atoms with Crippen molar-refractivity contribution in [3.8, 4) is 0 Å². The maximum atomic E-state index is 10.7. The number of thiol groups is 2. The summed E-state index contributed by atoms with van der Waals surface area (Å²) in [5.41, 5.74) is 0. The van der Waals surface area contributed by atoms with E-state index < -0.39 is 6.09 Å². The highest BCUT2D eigenvalue weighted by molar-refractivity contribution is 7.94. The lowest BCUT2D eigenvalue weighted by atomic mass is 10.4. The maximum Gasteiger partial charge on any atom is 0.429 e. The zero-order valence-corrected chi connectivity index (χ0v) is 9.02. The Morgan fingerprint density at radius 1 is 1.42 bits per heavy atom. The molecule has 6 heteroatoms. The summed E-state index contributed by atoms with van der Waals surface area (Å²) >= 11 is 7.30. The van der Waals surface area contributed by atoms with Gasteiger partial charge in [0.05, 0.1) is 6.61 Å². The summed E-state index contributed by atoms with van der Waals surface area (Å²) in [6.45, 7) is 1.29. The van der Waals surface area contributed by atoms with Gasteiger partial charge < -0.3 is 9.64 Å². The maximum absolute atomic E-state index is 10.7. The van der Waals surface area contributed by atoms with Crippen LogP contribution in [0.15, 0.2) is 0 Å². The lowest BCUT2D eigenvalue weighted by Crippen LogP contribution is -2.18. The van der Waals surface area contributed by atoms with Crippen LogP contribution in [0.4, 0.5) is 4.79 Å². The summed E-state index contributed by atoms with van der Waals surface area (Å²) in [4.78, 5) is 12.7. The first-order valence-electron chi connectivity index (χ1n) is 3.53. The molecule has 0 saturated carbocycles. The number of amides is 1. The van der Waals surface area contributed by atoms with Crippen LogP contribution in [0.25, 0.3) is 0 Å². The number of carbonyl (C=O) groups is 1.